The van der Waals surface area contributed by atoms with Gasteiger partial charge in [0.25, 0.3) is 5.91 Å². The van der Waals surface area contributed by atoms with Crippen LogP contribution >= 0.6 is 0 Å². The van der Waals surface area contributed by atoms with Crippen LogP contribution in [0.4, 0.5) is 5.69 Å². The number of hydrogen-bond acceptors (Lipinski definition) is 3. The quantitative estimate of drug-likeness (QED) is 0.679. The summed E-state index contributed by atoms with van der Waals surface area (Å²) in [7, 11) is 0. The van der Waals surface area contributed by atoms with Crippen LogP contribution in [0.15, 0.2) is 67.0 Å². The number of carbonyl (C=O) groups is 3. The first-order valence-corrected chi connectivity index (χ1v) is 9.49. The molecule has 1 saturated heterocycles. The third-order valence-corrected chi connectivity index (χ3v) is 5.06. The second-order valence-corrected chi connectivity index (χ2v) is 7.12. The molecular weight excluding hydrogens is 366 g/mol. The Balaban J connectivity index is 1.46. The van der Waals surface area contributed by atoms with Gasteiger partial charge in [-0.25, -0.2) is 0 Å². The highest BCUT2D eigenvalue weighted by atomic mass is 16.2. The fraction of sp³-hybridized carbons (Fsp3) is 0.174. The lowest BCUT2D eigenvalue weighted by Gasteiger charge is -2.14. The highest BCUT2D eigenvalue weighted by Crippen LogP contribution is 2.20. The number of amides is 3. The van der Waals surface area contributed by atoms with Crippen LogP contribution in [-0.2, 0) is 16.1 Å². The van der Waals surface area contributed by atoms with Crippen LogP contribution in [-0.4, -0.2) is 27.2 Å². The Hall–Kier alpha value is -3.67. The number of benzene rings is 2. The summed E-state index contributed by atoms with van der Waals surface area (Å²) >= 11 is 0. The van der Waals surface area contributed by atoms with Gasteiger partial charge in [-0.2, -0.15) is 0 Å². The van der Waals surface area contributed by atoms with Gasteiger partial charge in [0.2, 0.25) is 11.8 Å². The molecule has 4 rings (SSSR count). The Kier molecular flexibility index (Phi) is 4.99. The normalized spacial score (nSPS) is 13.8. The lowest BCUT2D eigenvalue weighted by molar-refractivity contribution is -0.139. The van der Waals surface area contributed by atoms with Crippen molar-refractivity contribution in [2.45, 2.75) is 26.3 Å². The zero-order chi connectivity index (χ0) is 20.4. The molecule has 1 aliphatic rings. The Morgan fingerprint density at radius 3 is 2.28 bits per heavy atom. The molecule has 0 bridgehead atoms. The predicted octanol–water partition coefficient (Wildman–Crippen LogP) is 3.69. The van der Waals surface area contributed by atoms with Gasteiger partial charge in [0.15, 0.2) is 0 Å². The molecule has 6 nitrogen and oxygen atoms in total. The van der Waals surface area contributed by atoms with E-state index in [1.165, 1.54) is 4.90 Å². The molecule has 0 aliphatic carbocycles. The van der Waals surface area contributed by atoms with Crippen molar-refractivity contribution in [1.82, 2.24) is 9.47 Å². The summed E-state index contributed by atoms with van der Waals surface area (Å²) in [5, 5.41) is 2.89. The fourth-order valence-corrected chi connectivity index (χ4v) is 3.40. The topological polar surface area (TPSA) is 71.4 Å². The molecule has 3 amide bonds. The van der Waals surface area contributed by atoms with Gasteiger partial charge in [-0.3, -0.25) is 19.3 Å². The molecule has 2 heterocycles. The number of carbonyl (C=O) groups excluding carboxylic acids is 3. The van der Waals surface area contributed by atoms with E-state index in [1.54, 1.807) is 18.2 Å². The number of anilines is 1. The van der Waals surface area contributed by atoms with E-state index in [4.69, 9.17) is 0 Å². The third kappa shape index (κ3) is 3.96. The monoisotopic (exact) mass is 387 g/mol. The van der Waals surface area contributed by atoms with Gasteiger partial charge in [-0.05, 0) is 54.4 Å². The van der Waals surface area contributed by atoms with Gasteiger partial charge in [0.1, 0.15) is 0 Å². The average Bonchev–Trinajstić information content (AvgIpc) is 3.35. The summed E-state index contributed by atoms with van der Waals surface area (Å²) in [6, 6.07) is 16.7. The van der Waals surface area contributed by atoms with Crippen LogP contribution in [0.25, 0.3) is 5.69 Å². The maximum absolute atomic E-state index is 12.7. The molecule has 3 aromatic rings. The maximum Gasteiger partial charge on any atom is 0.255 e. The highest BCUT2D eigenvalue weighted by Gasteiger charge is 2.28. The minimum atomic E-state index is -0.198. The Morgan fingerprint density at radius 1 is 0.966 bits per heavy atom. The van der Waals surface area contributed by atoms with Crippen LogP contribution in [0.5, 0.6) is 0 Å². The summed E-state index contributed by atoms with van der Waals surface area (Å²) in [5.41, 5.74) is 4.10. The number of aromatic nitrogens is 1. The molecule has 0 saturated carbocycles. The molecule has 29 heavy (non-hydrogen) atoms. The number of imide groups is 1. The molecule has 6 heteroatoms. The smallest absolute Gasteiger partial charge is 0.255 e. The second-order valence-electron chi connectivity index (χ2n) is 7.12. The predicted molar refractivity (Wildman–Crippen MR) is 110 cm³/mol. The van der Waals surface area contributed by atoms with Crippen molar-refractivity contribution in [2.24, 2.45) is 0 Å². The number of hydrogen-bond donors (Lipinski definition) is 1. The molecule has 0 radical (unpaired) electrons. The largest absolute Gasteiger partial charge is 0.324 e. The molecule has 1 N–H and O–H groups in total. The lowest BCUT2D eigenvalue weighted by atomic mass is 10.1. The molecule has 2 aromatic carbocycles. The van der Waals surface area contributed by atoms with Crippen molar-refractivity contribution < 1.29 is 14.4 Å². The first-order chi connectivity index (χ1) is 14.0. The number of likely N-dealkylation sites (tertiary alicyclic amines) is 1. The molecular formula is C23H21N3O3. The van der Waals surface area contributed by atoms with Crippen molar-refractivity contribution in [2.75, 3.05) is 5.32 Å². The van der Waals surface area contributed by atoms with E-state index in [-0.39, 0.29) is 37.1 Å². The summed E-state index contributed by atoms with van der Waals surface area (Å²) < 4.78 is 1.97. The Bertz CT molecular complexity index is 1050. The van der Waals surface area contributed by atoms with Crippen molar-refractivity contribution >= 4 is 23.4 Å². The SMILES string of the molecule is Cc1ccc(C(=O)Nc2ccc(CN3C(=O)CCC3=O)cc2)cc1-n1cccc1. The first-order valence-electron chi connectivity index (χ1n) is 9.49. The minimum Gasteiger partial charge on any atom is -0.324 e. The fourth-order valence-electron chi connectivity index (χ4n) is 3.40. The van der Waals surface area contributed by atoms with E-state index in [2.05, 4.69) is 5.32 Å². The molecule has 0 spiro atoms. The van der Waals surface area contributed by atoms with E-state index < -0.39 is 0 Å². The molecule has 1 aromatic heterocycles. The first kappa shape index (κ1) is 18.7. The van der Waals surface area contributed by atoms with Crippen molar-refractivity contribution in [1.29, 1.82) is 0 Å². The van der Waals surface area contributed by atoms with E-state index in [1.807, 2.05) is 60.3 Å². The Morgan fingerprint density at radius 2 is 1.62 bits per heavy atom. The Labute approximate surface area is 168 Å². The molecule has 146 valence electrons. The maximum atomic E-state index is 12.7. The highest BCUT2D eigenvalue weighted by molar-refractivity contribution is 6.04. The van der Waals surface area contributed by atoms with Crippen LogP contribution in [0, 0.1) is 6.92 Å². The number of aryl methyl sites for hydroxylation is 1. The standard InChI is InChI=1S/C23H21N3O3/c1-16-4-7-18(14-20(16)25-12-2-3-13-25)23(29)24-19-8-5-17(6-9-19)15-26-21(27)10-11-22(26)28/h2-9,12-14H,10-11,15H2,1H3,(H,24,29). The average molecular weight is 387 g/mol. The summed E-state index contributed by atoms with van der Waals surface area (Å²) in [6.07, 6.45) is 4.46. The minimum absolute atomic E-state index is 0.134. The van der Waals surface area contributed by atoms with Crippen molar-refractivity contribution in [3.8, 4) is 5.69 Å². The van der Waals surface area contributed by atoms with E-state index in [0.29, 0.717) is 11.3 Å². The zero-order valence-corrected chi connectivity index (χ0v) is 16.1. The zero-order valence-electron chi connectivity index (χ0n) is 16.1. The molecule has 0 atom stereocenters. The van der Waals surface area contributed by atoms with Gasteiger partial charge >= 0.3 is 0 Å². The van der Waals surface area contributed by atoms with E-state index in [0.717, 1.165) is 16.8 Å². The van der Waals surface area contributed by atoms with Gasteiger partial charge in [-0.1, -0.05) is 18.2 Å². The van der Waals surface area contributed by atoms with Gasteiger partial charge < -0.3 is 9.88 Å². The third-order valence-electron chi connectivity index (χ3n) is 5.06. The van der Waals surface area contributed by atoms with Crippen LogP contribution in [0.1, 0.15) is 34.3 Å². The van der Waals surface area contributed by atoms with Crippen LogP contribution in [0.3, 0.4) is 0 Å². The summed E-state index contributed by atoms with van der Waals surface area (Å²) in [4.78, 5) is 37.4. The lowest BCUT2D eigenvalue weighted by Crippen LogP contribution is -2.28. The number of rotatable bonds is 5. The van der Waals surface area contributed by atoms with E-state index in [9.17, 15) is 14.4 Å². The summed E-state index contributed by atoms with van der Waals surface area (Å²) in [6.45, 7) is 2.27. The van der Waals surface area contributed by atoms with Crippen LogP contribution < -0.4 is 5.32 Å². The van der Waals surface area contributed by atoms with Gasteiger partial charge in [-0.15, -0.1) is 0 Å². The molecule has 1 fully saturated rings. The van der Waals surface area contributed by atoms with Crippen molar-refractivity contribution in [3.05, 3.63) is 83.7 Å². The second kappa shape index (κ2) is 7.75. The number of nitrogens with one attached hydrogen (secondary N) is 1. The van der Waals surface area contributed by atoms with Crippen molar-refractivity contribution in [3.63, 3.8) is 0 Å². The van der Waals surface area contributed by atoms with Crippen LogP contribution in [0.2, 0.25) is 0 Å². The molecule has 1 aliphatic heterocycles. The molecule has 0 unspecified atom stereocenters. The number of nitrogens with zero attached hydrogens (tertiary/aromatic N) is 2. The van der Waals surface area contributed by atoms with E-state index >= 15 is 0 Å². The van der Waals surface area contributed by atoms with Gasteiger partial charge in [0.05, 0.1) is 6.54 Å². The van der Waals surface area contributed by atoms with Gasteiger partial charge in [0, 0.05) is 42.2 Å². The summed E-state index contributed by atoms with van der Waals surface area (Å²) in [5.74, 6) is -0.466.